The van der Waals surface area contributed by atoms with E-state index in [-0.39, 0.29) is 31.2 Å². The predicted octanol–water partition coefficient (Wildman–Crippen LogP) is 5.45. The van der Waals surface area contributed by atoms with E-state index in [1.165, 1.54) is 16.7 Å². The van der Waals surface area contributed by atoms with Gasteiger partial charge < -0.3 is 18.9 Å². The van der Waals surface area contributed by atoms with Crippen LogP contribution in [0, 0.1) is 17.8 Å². The van der Waals surface area contributed by atoms with Gasteiger partial charge in [0.25, 0.3) is 0 Å². The van der Waals surface area contributed by atoms with Crippen molar-refractivity contribution >= 4 is 0 Å². The molecule has 3 aliphatic rings. The van der Waals surface area contributed by atoms with Crippen LogP contribution in [0.2, 0.25) is 0 Å². The van der Waals surface area contributed by atoms with E-state index >= 15 is 0 Å². The smallest absolute Gasteiger partial charge is 0.147 e. The lowest BCUT2D eigenvalue weighted by Crippen LogP contribution is -2.40. The fourth-order valence-corrected chi connectivity index (χ4v) is 5.60. The molecule has 0 radical (unpaired) electrons. The predicted molar refractivity (Wildman–Crippen MR) is 122 cm³/mol. The van der Waals surface area contributed by atoms with Crippen molar-refractivity contribution in [2.75, 3.05) is 13.9 Å². The van der Waals surface area contributed by atoms with Crippen molar-refractivity contribution in [3.05, 3.63) is 71.8 Å². The molecule has 4 nitrogen and oxygen atoms in total. The van der Waals surface area contributed by atoms with Crippen molar-refractivity contribution in [2.24, 2.45) is 17.8 Å². The van der Waals surface area contributed by atoms with Crippen molar-refractivity contribution in [1.29, 1.82) is 0 Å². The molecule has 31 heavy (non-hydrogen) atoms. The summed E-state index contributed by atoms with van der Waals surface area (Å²) in [6.07, 6.45) is 9.59. The Hall–Kier alpha value is -1.72. The first-order valence-corrected chi connectivity index (χ1v) is 11.5. The molecule has 4 heteroatoms. The number of allylic oxidation sites excluding steroid dienone is 2. The second-order valence-electron chi connectivity index (χ2n) is 9.23. The molecule has 0 saturated carbocycles. The van der Waals surface area contributed by atoms with E-state index in [0.717, 1.165) is 19.3 Å². The second kappa shape index (κ2) is 10.3. The van der Waals surface area contributed by atoms with Gasteiger partial charge in [-0.3, -0.25) is 0 Å². The Bertz CT molecular complexity index is 799. The Morgan fingerprint density at radius 3 is 2.71 bits per heavy atom. The minimum atomic E-state index is -0.0183. The lowest BCUT2D eigenvalue weighted by molar-refractivity contribution is -0.102. The molecule has 4 rings (SSSR count). The molecule has 0 N–H and O–H groups in total. The molecule has 2 aliphatic heterocycles. The van der Waals surface area contributed by atoms with Crippen molar-refractivity contribution in [3.63, 3.8) is 0 Å². The molecule has 1 aliphatic carbocycles. The maximum Gasteiger partial charge on any atom is 0.147 e. The first-order chi connectivity index (χ1) is 15.1. The molecule has 7 atom stereocenters. The van der Waals surface area contributed by atoms with Crippen LogP contribution in [0.25, 0.3) is 0 Å². The Balaban J connectivity index is 1.62. The van der Waals surface area contributed by atoms with Crippen LogP contribution in [0.4, 0.5) is 0 Å². The minimum Gasteiger partial charge on any atom is -0.371 e. The highest BCUT2D eigenvalue weighted by molar-refractivity contribution is 5.23. The Morgan fingerprint density at radius 2 is 1.97 bits per heavy atom. The number of hydrogen-bond acceptors (Lipinski definition) is 4. The average molecular weight is 425 g/mol. The maximum atomic E-state index is 6.82. The molecular formula is C27H36O4. The summed E-state index contributed by atoms with van der Waals surface area (Å²) in [5.41, 5.74) is 3.87. The van der Waals surface area contributed by atoms with Gasteiger partial charge in [0, 0.05) is 25.4 Å². The first-order valence-electron chi connectivity index (χ1n) is 11.5. The highest BCUT2D eigenvalue weighted by atomic mass is 16.7. The summed E-state index contributed by atoms with van der Waals surface area (Å²) in [6, 6.07) is 10.4. The van der Waals surface area contributed by atoms with Crippen LogP contribution in [0.5, 0.6) is 0 Å². The molecule has 0 amide bonds. The topological polar surface area (TPSA) is 36.9 Å². The Morgan fingerprint density at radius 1 is 1.16 bits per heavy atom. The monoisotopic (exact) mass is 424 g/mol. The van der Waals surface area contributed by atoms with E-state index < -0.39 is 0 Å². The molecule has 2 heterocycles. The zero-order valence-electron chi connectivity index (χ0n) is 19.0. The third kappa shape index (κ3) is 5.04. The molecule has 0 aromatic heterocycles. The van der Waals surface area contributed by atoms with Crippen molar-refractivity contribution < 1.29 is 18.9 Å². The molecule has 0 unspecified atom stereocenters. The van der Waals surface area contributed by atoms with E-state index in [4.69, 9.17) is 18.9 Å². The highest BCUT2D eigenvalue weighted by Gasteiger charge is 2.53. The molecule has 168 valence electrons. The summed E-state index contributed by atoms with van der Waals surface area (Å²) in [5.74, 6) is 1.19. The van der Waals surface area contributed by atoms with Crippen LogP contribution >= 0.6 is 0 Å². The van der Waals surface area contributed by atoms with E-state index in [2.05, 4.69) is 62.9 Å². The number of methoxy groups -OCH3 is 1. The van der Waals surface area contributed by atoms with Gasteiger partial charge in [0.15, 0.2) is 0 Å². The van der Waals surface area contributed by atoms with Crippen molar-refractivity contribution in [3.8, 4) is 0 Å². The van der Waals surface area contributed by atoms with Gasteiger partial charge in [-0.25, -0.2) is 0 Å². The van der Waals surface area contributed by atoms with Crippen molar-refractivity contribution in [2.45, 2.75) is 64.1 Å². The van der Waals surface area contributed by atoms with Crippen molar-refractivity contribution in [1.82, 2.24) is 0 Å². The van der Waals surface area contributed by atoms with E-state index in [0.29, 0.717) is 24.4 Å². The Labute approximate surface area is 186 Å². The summed E-state index contributed by atoms with van der Waals surface area (Å²) in [4.78, 5) is 0. The summed E-state index contributed by atoms with van der Waals surface area (Å²) >= 11 is 0. The SMILES string of the molecule is C=C(C)[C@H]1CC=C(C)[C@H]2[C@@H]1[C@H]1O[C@@H]2C[C@H](OCOC)/C=C\C[C@@H]1OCc1ccccc1. The summed E-state index contributed by atoms with van der Waals surface area (Å²) < 4.78 is 24.5. The van der Waals surface area contributed by atoms with Crippen LogP contribution in [-0.2, 0) is 25.6 Å². The zero-order valence-corrected chi connectivity index (χ0v) is 19.0. The minimum absolute atomic E-state index is 0.00267. The number of fused-ring (bicyclic) bond motifs is 5. The fraction of sp³-hybridized carbons (Fsp3) is 0.556. The van der Waals surface area contributed by atoms with Gasteiger partial charge in [0.1, 0.15) is 6.79 Å². The first kappa shape index (κ1) is 22.5. The van der Waals surface area contributed by atoms with Crippen LogP contribution in [0.3, 0.4) is 0 Å². The summed E-state index contributed by atoms with van der Waals surface area (Å²) in [6.45, 7) is 9.64. The lowest BCUT2D eigenvalue weighted by atomic mass is 9.66. The van der Waals surface area contributed by atoms with Gasteiger partial charge in [-0.1, -0.05) is 66.3 Å². The third-order valence-electron chi connectivity index (χ3n) is 7.10. The number of rotatable bonds is 7. The summed E-state index contributed by atoms with van der Waals surface area (Å²) in [7, 11) is 1.66. The van der Waals surface area contributed by atoms with Gasteiger partial charge in [-0.15, -0.1) is 0 Å². The zero-order chi connectivity index (χ0) is 21.8. The number of hydrogen-bond donors (Lipinski definition) is 0. The molecule has 1 aromatic rings. The molecular weight excluding hydrogens is 388 g/mol. The van der Waals surface area contributed by atoms with Gasteiger partial charge in [-0.2, -0.15) is 0 Å². The maximum absolute atomic E-state index is 6.82. The van der Waals surface area contributed by atoms with E-state index in [1.54, 1.807) is 7.11 Å². The average Bonchev–Trinajstić information content (AvgIpc) is 3.17. The van der Waals surface area contributed by atoms with Crippen LogP contribution in [0.1, 0.15) is 38.7 Å². The molecule has 2 bridgehead atoms. The quantitative estimate of drug-likeness (QED) is 0.431. The lowest BCUT2D eigenvalue weighted by Gasteiger charge is -2.38. The van der Waals surface area contributed by atoms with Gasteiger partial charge in [-0.05, 0) is 38.2 Å². The number of ether oxygens (including phenoxy) is 4. The normalized spacial score (nSPS) is 36.0. The molecule has 1 aromatic carbocycles. The molecule has 1 saturated heterocycles. The van der Waals surface area contributed by atoms with Gasteiger partial charge >= 0.3 is 0 Å². The van der Waals surface area contributed by atoms with E-state index in [1.807, 2.05) is 6.07 Å². The van der Waals surface area contributed by atoms with Gasteiger partial charge in [0.2, 0.25) is 0 Å². The van der Waals surface area contributed by atoms with Crippen LogP contribution in [0.15, 0.2) is 66.3 Å². The van der Waals surface area contributed by atoms with Crippen LogP contribution < -0.4 is 0 Å². The van der Waals surface area contributed by atoms with E-state index in [9.17, 15) is 0 Å². The highest BCUT2D eigenvalue weighted by Crippen LogP contribution is 2.51. The van der Waals surface area contributed by atoms with Crippen LogP contribution in [-0.4, -0.2) is 38.3 Å². The summed E-state index contributed by atoms with van der Waals surface area (Å²) in [5, 5.41) is 0. The van der Waals surface area contributed by atoms with Gasteiger partial charge in [0.05, 0.1) is 31.0 Å². The molecule has 0 spiro atoms. The fourth-order valence-electron chi connectivity index (χ4n) is 5.60. The second-order valence-corrected chi connectivity index (χ2v) is 9.23. The number of benzene rings is 1. The standard InChI is InChI=1S/C27H36O4/c1-18(2)22-14-13-19(3)25-24-15-21(30-17-28-4)11-8-12-23(27(31-24)26(22)25)29-16-20-9-6-5-7-10-20/h5-11,13,21-27H,1,12,14-17H2,2-4H3/b11-8-/t21-,22-,23+,24-,25-,26-,27+/m1/s1. The molecule has 1 fully saturated rings. The largest absolute Gasteiger partial charge is 0.371 e. The Kier molecular flexibility index (Phi) is 7.44. The third-order valence-corrected chi connectivity index (χ3v) is 7.10.